The molecule has 0 N–H and O–H groups in total. The van der Waals surface area contributed by atoms with Crippen molar-refractivity contribution in [1.29, 1.82) is 0 Å². The second-order valence-corrected chi connectivity index (χ2v) is 7.39. The van der Waals surface area contributed by atoms with Gasteiger partial charge in [-0.05, 0) is 48.2 Å². The molecule has 1 aliphatic heterocycles. The fraction of sp³-hybridized carbons (Fsp3) is 0.348. The molecule has 2 aromatic carbocycles. The van der Waals surface area contributed by atoms with E-state index in [1.165, 1.54) is 17.7 Å². The summed E-state index contributed by atoms with van der Waals surface area (Å²) in [5, 5.41) is 0. The summed E-state index contributed by atoms with van der Waals surface area (Å²) in [6.07, 6.45) is -2.63. The summed E-state index contributed by atoms with van der Waals surface area (Å²) < 4.78 is 44.8. The van der Waals surface area contributed by atoms with E-state index < -0.39 is 11.7 Å². The van der Waals surface area contributed by atoms with Crippen LogP contribution in [0.4, 0.5) is 13.2 Å². The molecule has 0 aliphatic carbocycles. The molecule has 0 radical (unpaired) electrons. The van der Waals surface area contributed by atoms with Gasteiger partial charge in [-0.15, -0.1) is 0 Å². The van der Waals surface area contributed by atoms with Crippen LogP contribution in [0.15, 0.2) is 61.2 Å². The summed E-state index contributed by atoms with van der Waals surface area (Å²) in [7, 11) is 0. The highest BCUT2D eigenvalue weighted by Crippen LogP contribution is 2.30. The lowest BCUT2D eigenvalue weighted by Gasteiger charge is -2.20. The molecular formula is C23H24F3NO2. The number of likely N-dealkylation sites (tertiary alicyclic amines) is 1. The van der Waals surface area contributed by atoms with E-state index in [0.717, 1.165) is 24.1 Å². The molecule has 3 nitrogen and oxygen atoms in total. The zero-order chi connectivity index (χ0) is 21.0. The molecule has 1 aliphatic rings. The van der Waals surface area contributed by atoms with Crippen LogP contribution >= 0.6 is 0 Å². The molecule has 1 fully saturated rings. The number of rotatable bonds is 6. The summed E-state index contributed by atoms with van der Waals surface area (Å²) in [6.45, 7) is 6.58. The first-order valence-corrected chi connectivity index (χ1v) is 9.51. The van der Waals surface area contributed by atoms with E-state index in [-0.39, 0.29) is 24.5 Å². The monoisotopic (exact) mass is 403 g/mol. The first-order chi connectivity index (χ1) is 13.8. The second kappa shape index (κ2) is 8.82. The molecule has 0 spiro atoms. The summed E-state index contributed by atoms with van der Waals surface area (Å²) >= 11 is 0. The first kappa shape index (κ1) is 21.1. The minimum absolute atomic E-state index is 0.0609. The van der Waals surface area contributed by atoms with Crippen molar-refractivity contribution in [3.8, 4) is 0 Å². The number of ether oxygens (including phenoxy) is 1. The van der Waals surface area contributed by atoms with Crippen molar-refractivity contribution in [2.45, 2.75) is 32.2 Å². The van der Waals surface area contributed by atoms with Crippen molar-refractivity contribution in [1.82, 2.24) is 4.90 Å². The summed E-state index contributed by atoms with van der Waals surface area (Å²) in [6, 6.07) is 13.2. The number of hydrogen-bond acceptors (Lipinski definition) is 2. The maximum Gasteiger partial charge on any atom is 0.416 e. The van der Waals surface area contributed by atoms with Crippen molar-refractivity contribution in [3.63, 3.8) is 0 Å². The van der Waals surface area contributed by atoms with Gasteiger partial charge in [0.2, 0.25) is 5.91 Å². The molecule has 0 saturated carbocycles. The molecular weight excluding hydrogens is 379 g/mol. The lowest BCUT2D eigenvalue weighted by molar-refractivity contribution is -0.137. The number of alkyl halides is 3. The first-order valence-electron chi connectivity index (χ1n) is 9.51. The summed E-state index contributed by atoms with van der Waals surface area (Å²) in [5.41, 5.74) is 2.11. The summed E-state index contributed by atoms with van der Waals surface area (Å²) in [4.78, 5) is 13.8. The molecule has 1 saturated heterocycles. The molecule has 6 heteroatoms. The van der Waals surface area contributed by atoms with Crippen LogP contribution in [0, 0.1) is 12.8 Å². The number of benzene rings is 2. The molecule has 3 rings (SSSR count). The van der Waals surface area contributed by atoms with Gasteiger partial charge in [-0.1, -0.05) is 43.0 Å². The largest absolute Gasteiger partial charge is 0.416 e. The van der Waals surface area contributed by atoms with Crippen LogP contribution in [0.2, 0.25) is 0 Å². The van der Waals surface area contributed by atoms with Crippen molar-refractivity contribution < 1.29 is 22.7 Å². The Morgan fingerprint density at radius 3 is 2.66 bits per heavy atom. The standard InChI is InChI=1S/C23H24F3NO2/c1-3-22(28)27-13-19(12-18-9-5-4-7-16(18)2)21(14-27)29-15-17-8-6-10-20(11-17)23(24,25)26/h3-11,19,21H,1,12-15H2,2H3/t19-,21?/m1/s1. The van der Waals surface area contributed by atoms with Crippen molar-refractivity contribution in [2.75, 3.05) is 13.1 Å². The molecule has 0 aromatic heterocycles. The third kappa shape index (κ3) is 5.26. The fourth-order valence-electron chi connectivity index (χ4n) is 3.70. The fourth-order valence-corrected chi connectivity index (χ4v) is 3.70. The van der Waals surface area contributed by atoms with E-state index in [0.29, 0.717) is 18.7 Å². The van der Waals surface area contributed by atoms with Gasteiger partial charge in [0.1, 0.15) is 0 Å². The number of amides is 1. The topological polar surface area (TPSA) is 29.5 Å². The van der Waals surface area contributed by atoms with E-state index in [1.54, 1.807) is 11.0 Å². The van der Waals surface area contributed by atoms with Gasteiger partial charge in [0, 0.05) is 19.0 Å². The van der Waals surface area contributed by atoms with Gasteiger partial charge < -0.3 is 9.64 Å². The molecule has 1 heterocycles. The number of carbonyl (C=O) groups excluding carboxylic acids is 1. The molecule has 1 amide bonds. The van der Waals surface area contributed by atoms with Crippen LogP contribution in [0.25, 0.3) is 0 Å². The van der Waals surface area contributed by atoms with Crippen molar-refractivity contribution >= 4 is 5.91 Å². The maximum atomic E-state index is 12.9. The quantitative estimate of drug-likeness (QED) is 0.650. The number of hydrogen-bond donors (Lipinski definition) is 0. The number of halogens is 3. The Morgan fingerprint density at radius 1 is 1.21 bits per heavy atom. The molecule has 29 heavy (non-hydrogen) atoms. The normalized spacial score (nSPS) is 19.4. The van der Waals surface area contributed by atoms with Crippen LogP contribution < -0.4 is 0 Å². The van der Waals surface area contributed by atoms with E-state index in [4.69, 9.17) is 4.74 Å². The van der Waals surface area contributed by atoms with Crippen molar-refractivity contribution in [3.05, 3.63) is 83.4 Å². The second-order valence-electron chi connectivity index (χ2n) is 7.39. The highest BCUT2D eigenvalue weighted by molar-refractivity contribution is 5.87. The molecule has 154 valence electrons. The highest BCUT2D eigenvalue weighted by Gasteiger charge is 2.36. The molecule has 0 bridgehead atoms. The van der Waals surface area contributed by atoms with Crippen LogP contribution in [0.1, 0.15) is 22.3 Å². The zero-order valence-electron chi connectivity index (χ0n) is 16.3. The lowest BCUT2D eigenvalue weighted by atomic mass is 9.94. The molecule has 2 aromatic rings. The Labute approximate surface area is 168 Å². The number of carbonyl (C=O) groups is 1. The Morgan fingerprint density at radius 2 is 1.97 bits per heavy atom. The number of nitrogens with zero attached hydrogens (tertiary/aromatic N) is 1. The van der Waals surface area contributed by atoms with E-state index in [1.807, 2.05) is 25.1 Å². The van der Waals surface area contributed by atoms with E-state index in [2.05, 4.69) is 12.6 Å². The van der Waals surface area contributed by atoms with E-state index >= 15 is 0 Å². The third-order valence-electron chi connectivity index (χ3n) is 5.33. The average Bonchev–Trinajstić information content (AvgIpc) is 3.10. The SMILES string of the molecule is C=CC(=O)N1CC(OCc2cccc(C(F)(F)F)c2)[C@H](Cc2ccccc2C)C1. The van der Waals surface area contributed by atoms with Gasteiger partial charge in [0.15, 0.2) is 0 Å². The predicted octanol–water partition coefficient (Wildman–Crippen LogP) is 4.79. The zero-order valence-corrected chi connectivity index (χ0v) is 16.3. The Hall–Kier alpha value is -2.60. The Bertz CT molecular complexity index is 878. The van der Waals surface area contributed by atoms with Gasteiger partial charge in [0.05, 0.1) is 18.3 Å². The van der Waals surface area contributed by atoms with Crippen LogP contribution in [-0.2, 0) is 28.7 Å². The van der Waals surface area contributed by atoms with Crippen molar-refractivity contribution in [2.24, 2.45) is 5.92 Å². The van der Waals surface area contributed by atoms with Gasteiger partial charge in [-0.3, -0.25) is 4.79 Å². The smallest absolute Gasteiger partial charge is 0.371 e. The average molecular weight is 403 g/mol. The molecule has 1 unspecified atom stereocenters. The van der Waals surface area contributed by atoms with Crippen LogP contribution in [0.3, 0.4) is 0 Å². The Kier molecular flexibility index (Phi) is 6.42. The van der Waals surface area contributed by atoms with Gasteiger partial charge in [0.25, 0.3) is 0 Å². The number of aryl methyl sites for hydroxylation is 1. The predicted molar refractivity (Wildman–Crippen MR) is 105 cm³/mol. The third-order valence-corrected chi connectivity index (χ3v) is 5.33. The van der Waals surface area contributed by atoms with Crippen LogP contribution in [-0.4, -0.2) is 30.0 Å². The summed E-state index contributed by atoms with van der Waals surface area (Å²) in [5.74, 6) is -0.101. The van der Waals surface area contributed by atoms with Gasteiger partial charge in [-0.25, -0.2) is 0 Å². The highest BCUT2D eigenvalue weighted by atomic mass is 19.4. The van der Waals surface area contributed by atoms with E-state index in [9.17, 15) is 18.0 Å². The van der Waals surface area contributed by atoms with Gasteiger partial charge >= 0.3 is 6.18 Å². The minimum atomic E-state index is -4.39. The minimum Gasteiger partial charge on any atom is -0.371 e. The maximum absolute atomic E-state index is 12.9. The lowest BCUT2D eigenvalue weighted by Crippen LogP contribution is -2.28. The van der Waals surface area contributed by atoms with Gasteiger partial charge in [-0.2, -0.15) is 13.2 Å². The molecule has 2 atom stereocenters. The van der Waals surface area contributed by atoms with Crippen LogP contribution in [0.5, 0.6) is 0 Å². The Balaban J connectivity index is 1.73.